The Morgan fingerprint density at radius 2 is 1.96 bits per heavy atom. The summed E-state index contributed by atoms with van der Waals surface area (Å²) in [7, 11) is 4.32. The molecule has 1 saturated carbocycles. The van der Waals surface area contributed by atoms with Crippen LogP contribution in [-0.2, 0) is 0 Å². The highest BCUT2D eigenvalue weighted by Gasteiger charge is 2.25. The third kappa shape index (κ3) is 4.88. The first-order valence-corrected chi connectivity index (χ1v) is 10.7. The molecule has 1 aliphatic rings. The first kappa shape index (κ1) is 20.3. The maximum atomic E-state index is 12.9. The molecule has 1 fully saturated rings. The molecule has 1 aromatic heterocycles. The predicted octanol–water partition coefficient (Wildman–Crippen LogP) is 5.51. The van der Waals surface area contributed by atoms with E-state index in [0.29, 0.717) is 24.4 Å². The number of aromatic nitrogens is 1. The Bertz CT molecular complexity index is 811. The van der Waals surface area contributed by atoms with Crippen molar-refractivity contribution >= 4 is 38.3 Å². The molecule has 5 heteroatoms. The lowest BCUT2D eigenvalue weighted by atomic mass is 9.89. The summed E-state index contributed by atoms with van der Waals surface area (Å²) < 4.78 is 1.00. The number of benzene rings is 1. The molecule has 1 heterocycles. The molecule has 27 heavy (non-hydrogen) atoms. The Labute approximate surface area is 170 Å². The molecule has 0 atom stereocenters. The minimum Gasteiger partial charge on any atom is -0.381 e. The summed E-state index contributed by atoms with van der Waals surface area (Å²) in [6, 6.07) is 7.13. The van der Waals surface area contributed by atoms with E-state index in [1.165, 1.54) is 12.8 Å². The number of fused-ring (bicyclic) bond motifs is 1. The Morgan fingerprint density at radius 1 is 1.26 bits per heavy atom. The number of nitrogens with zero attached hydrogens (tertiary/aromatic N) is 2. The summed E-state index contributed by atoms with van der Waals surface area (Å²) in [5.74, 6) is 0.503. The largest absolute Gasteiger partial charge is 0.381 e. The van der Waals surface area contributed by atoms with E-state index in [4.69, 9.17) is 0 Å². The Kier molecular flexibility index (Phi) is 6.53. The molecule has 0 saturated heterocycles. The molecule has 1 aliphatic carbocycles. The van der Waals surface area contributed by atoms with Crippen LogP contribution in [0.25, 0.3) is 10.9 Å². The van der Waals surface area contributed by atoms with Crippen molar-refractivity contribution in [3.8, 4) is 0 Å². The van der Waals surface area contributed by atoms with E-state index in [1.54, 1.807) is 6.20 Å². The number of Topliss-reactive ketones (excluding diaryl/α,β-unsaturated/α-hetero) is 1. The number of hydrogen-bond donors (Lipinski definition) is 1. The van der Waals surface area contributed by atoms with Crippen LogP contribution in [0.5, 0.6) is 0 Å². The monoisotopic (exact) mass is 431 g/mol. The number of carbonyl (C=O) groups is 1. The standard InChI is InChI=1S/C22H30BrN3O/c1-14(2)11-21(27)19-13-24-20-10-5-15(23)12-18(20)22(19)25-16-6-8-17(9-7-16)26(3)4/h5,10,12-14,16-17H,6-9,11H2,1-4H3,(H,24,25)/t16-,17-. The fraction of sp³-hybridized carbons (Fsp3) is 0.545. The number of hydrogen-bond acceptors (Lipinski definition) is 4. The minimum absolute atomic E-state index is 0.170. The highest BCUT2D eigenvalue weighted by Crippen LogP contribution is 2.33. The van der Waals surface area contributed by atoms with Crippen molar-refractivity contribution < 1.29 is 4.79 Å². The summed E-state index contributed by atoms with van der Waals surface area (Å²) >= 11 is 3.57. The molecule has 4 nitrogen and oxygen atoms in total. The Hall–Kier alpha value is -1.46. The number of anilines is 1. The van der Waals surface area contributed by atoms with Gasteiger partial charge in [0, 0.05) is 34.6 Å². The number of pyridine rings is 1. The fourth-order valence-corrected chi connectivity index (χ4v) is 4.31. The lowest BCUT2D eigenvalue weighted by Crippen LogP contribution is -2.36. The minimum atomic E-state index is 0.170. The van der Waals surface area contributed by atoms with Crippen LogP contribution in [0.1, 0.15) is 56.3 Å². The molecule has 0 radical (unpaired) electrons. The third-order valence-corrected chi connectivity index (χ3v) is 5.99. The average molecular weight is 432 g/mol. The maximum absolute atomic E-state index is 12.9. The van der Waals surface area contributed by atoms with E-state index in [9.17, 15) is 4.79 Å². The van der Waals surface area contributed by atoms with Crippen molar-refractivity contribution in [2.45, 2.75) is 58.0 Å². The summed E-state index contributed by atoms with van der Waals surface area (Å²) in [6.07, 6.45) is 6.92. The van der Waals surface area contributed by atoms with Gasteiger partial charge < -0.3 is 10.2 Å². The second-order valence-electron chi connectivity index (χ2n) is 8.34. The van der Waals surface area contributed by atoms with Crippen molar-refractivity contribution in [2.24, 2.45) is 5.92 Å². The van der Waals surface area contributed by atoms with Gasteiger partial charge in [-0.25, -0.2) is 0 Å². The van der Waals surface area contributed by atoms with Crippen LogP contribution in [0.2, 0.25) is 0 Å². The normalized spacial score (nSPS) is 20.4. The zero-order valence-electron chi connectivity index (χ0n) is 16.8. The van der Waals surface area contributed by atoms with Gasteiger partial charge in [-0.3, -0.25) is 9.78 Å². The van der Waals surface area contributed by atoms with Gasteiger partial charge in [0.1, 0.15) is 0 Å². The fourth-order valence-electron chi connectivity index (χ4n) is 3.95. The molecule has 2 aromatic rings. The molecule has 0 bridgehead atoms. The van der Waals surface area contributed by atoms with Crippen LogP contribution in [0.4, 0.5) is 5.69 Å². The van der Waals surface area contributed by atoms with E-state index in [0.717, 1.165) is 39.5 Å². The van der Waals surface area contributed by atoms with Gasteiger partial charge in [-0.1, -0.05) is 29.8 Å². The van der Waals surface area contributed by atoms with Crippen molar-refractivity contribution in [3.63, 3.8) is 0 Å². The van der Waals surface area contributed by atoms with Crippen molar-refractivity contribution in [2.75, 3.05) is 19.4 Å². The van der Waals surface area contributed by atoms with Gasteiger partial charge in [0.05, 0.1) is 16.8 Å². The van der Waals surface area contributed by atoms with Crippen LogP contribution in [-0.4, -0.2) is 41.8 Å². The summed E-state index contributed by atoms with van der Waals surface area (Å²) in [6.45, 7) is 4.16. The molecule has 146 valence electrons. The number of halogens is 1. The highest BCUT2D eigenvalue weighted by molar-refractivity contribution is 9.10. The Balaban J connectivity index is 1.93. The van der Waals surface area contributed by atoms with Crippen molar-refractivity contribution in [1.82, 2.24) is 9.88 Å². The van der Waals surface area contributed by atoms with Gasteiger partial charge in [0.25, 0.3) is 0 Å². The lowest BCUT2D eigenvalue weighted by molar-refractivity contribution is 0.0968. The van der Waals surface area contributed by atoms with Crippen molar-refractivity contribution in [1.29, 1.82) is 0 Å². The second kappa shape index (κ2) is 8.70. The average Bonchev–Trinajstić information content (AvgIpc) is 2.62. The molecular weight excluding hydrogens is 402 g/mol. The van der Waals surface area contributed by atoms with Gasteiger partial charge in [0.2, 0.25) is 0 Å². The summed E-state index contributed by atoms with van der Waals surface area (Å²) in [5, 5.41) is 4.76. The van der Waals surface area contributed by atoms with E-state index < -0.39 is 0 Å². The van der Waals surface area contributed by atoms with Gasteiger partial charge in [-0.05, 0) is 63.9 Å². The smallest absolute Gasteiger partial charge is 0.166 e. The van der Waals surface area contributed by atoms with Gasteiger partial charge >= 0.3 is 0 Å². The van der Waals surface area contributed by atoms with E-state index in [2.05, 4.69) is 65.1 Å². The molecule has 1 aromatic carbocycles. The lowest BCUT2D eigenvalue weighted by Gasteiger charge is -2.34. The maximum Gasteiger partial charge on any atom is 0.166 e. The van der Waals surface area contributed by atoms with Crippen LogP contribution < -0.4 is 5.32 Å². The van der Waals surface area contributed by atoms with Crippen LogP contribution >= 0.6 is 15.9 Å². The topological polar surface area (TPSA) is 45.2 Å². The van der Waals surface area contributed by atoms with Crippen molar-refractivity contribution in [3.05, 3.63) is 34.4 Å². The van der Waals surface area contributed by atoms with E-state index >= 15 is 0 Å². The SMILES string of the molecule is CC(C)CC(=O)c1cnc2ccc(Br)cc2c1N[C@H]1CC[C@H](N(C)C)CC1. The van der Waals surface area contributed by atoms with Crippen LogP contribution in [0.15, 0.2) is 28.9 Å². The highest BCUT2D eigenvalue weighted by atomic mass is 79.9. The van der Waals surface area contributed by atoms with Gasteiger partial charge in [0.15, 0.2) is 5.78 Å². The number of carbonyl (C=O) groups excluding carboxylic acids is 1. The first-order valence-electron chi connectivity index (χ1n) is 9.89. The quantitative estimate of drug-likeness (QED) is 0.612. The zero-order valence-corrected chi connectivity index (χ0v) is 18.3. The zero-order chi connectivity index (χ0) is 19.6. The molecule has 0 amide bonds. The Morgan fingerprint density at radius 3 is 2.59 bits per heavy atom. The third-order valence-electron chi connectivity index (χ3n) is 5.50. The molecule has 1 N–H and O–H groups in total. The number of nitrogens with one attached hydrogen (secondary N) is 1. The molecule has 0 aliphatic heterocycles. The first-order chi connectivity index (χ1) is 12.8. The molecule has 0 spiro atoms. The second-order valence-corrected chi connectivity index (χ2v) is 9.26. The van der Waals surface area contributed by atoms with E-state index in [-0.39, 0.29) is 5.78 Å². The van der Waals surface area contributed by atoms with Crippen LogP contribution in [0, 0.1) is 5.92 Å². The number of rotatable bonds is 6. The summed E-state index contributed by atoms with van der Waals surface area (Å²) in [4.78, 5) is 19.8. The van der Waals surface area contributed by atoms with E-state index in [1.807, 2.05) is 12.1 Å². The molecule has 3 rings (SSSR count). The van der Waals surface area contributed by atoms with Crippen LogP contribution in [0.3, 0.4) is 0 Å². The van der Waals surface area contributed by atoms with Gasteiger partial charge in [-0.2, -0.15) is 0 Å². The molecular formula is C22H30BrN3O. The number of ketones is 1. The molecule has 0 unspecified atom stereocenters. The predicted molar refractivity (Wildman–Crippen MR) is 117 cm³/mol. The van der Waals surface area contributed by atoms with Gasteiger partial charge in [-0.15, -0.1) is 0 Å². The summed E-state index contributed by atoms with van der Waals surface area (Å²) in [5.41, 5.74) is 2.60.